The lowest BCUT2D eigenvalue weighted by Crippen LogP contribution is -2.42. The highest BCUT2D eigenvalue weighted by molar-refractivity contribution is 7.12. The van der Waals surface area contributed by atoms with Crippen molar-refractivity contribution in [3.8, 4) is 0 Å². The summed E-state index contributed by atoms with van der Waals surface area (Å²) in [4.78, 5) is 43.2. The lowest BCUT2D eigenvalue weighted by atomic mass is 10.3. The summed E-state index contributed by atoms with van der Waals surface area (Å²) in [5.74, 6) is -0.174. The molecule has 7 nitrogen and oxygen atoms in total. The number of halogens is 1. The number of thiophene rings is 1. The largest absolute Gasteiger partial charge is 0.467 e. The molecule has 0 aliphatic carbocycles. The second kappa shape index (κ2) is 8.73. The molecule has 0 saturated carbocycles. The van der Waals surface area contributed by atoms with Crippen LogP contribution in [-0.2, 0) is 16.1 Å². The number of hydrogen-bond donors (Lipinski definition) is 0. The van der Waals surface area contributed by atoms with Crippen LogP contribution in [0.2, 0.25) is 5.02 Å². The number of carbonyl (C=O) groups excluding carboxylic acids is 3. The minimum Gasteiger partial charge on any atom is -0.467 e. The van der Waals surface area contributed by atoms with Gasteiger partial charge in [-0.05, 0) is 47.8 Å². The van der Waals surface area contributed by atoms with Gasteiger partial charge in [-0.2, -0.15) is 0 Å². The quantitative estimate of drug-likeness (QED) is 0.584. The van der Waals surface area contributed by atoms with Gasteiger partial charge in [-0.25, -0.2) is 0 Å². The van der Waals surface area contributed by atoms with Crippen molar-refractivity contribution in [2.45, 2.75) is 6.54 Å². The molecule has 0 radical (unpaired) electrons. The summed E-state index contributed by atoms with van der Waals surface area (Å²) >= 11 is 7.22. The maximum absolute atomic E-state index is 12.9. The molecule has 1 aliphatic rings. The standard InChI is InChI=1S/C21H18ClN3O4S/c22-15-5-7-16(8-6-15)25-14-24(13-20(25)27)19(26)12-23(11-17-3-1-9-29-17)21(28)18-4-2-10-30-18/h1-10H,11-14H2. The van der Waals surface area contributed by atoms with Gasteiger partial charge in [0.2, 0.25) is 11.8 Å². The predicted molar refractivity (Wildman–Crippen MR) is 113 cm³/mol. The van der Waals surface area contributed by atoms with Gasteiger partial charge in [-0.1, -0.05) is 17.7 Å². The van der Waals surface area contributed by atoms with E-state index in [9.17, 15) is 14.4 Å². The Balaban J connectivity index is 1.47. The molecule has 3 amide bonds. The molecule has 1 aromatic carbocycles. The van der Waals surface area contributed by atoms with Gasteiger partial charge in [0.1, 0.15) is 25.5 Å². The first-order valence-corrected chi connectivity index (χ1v) is 10.5. The van der Waals surface area contributed by atoms with Gasteiger partial charge < -0.3 is 14.2 Å². The normalized spacial score (nSPS) is 13.7. The number of carbonyl (C=O) groups is 3. The van der Waals surface area contributed by atoms with Crippen LogP contribution in [0.5, 0.6) is 0 Å². The van der Waals surface area contributed by atoms with Crippen LogP contribution in [0.3, 0.4) is 0 Å². The zero-order valence-electron chi connectivity index (χ0n) is 15.9. The van der Waals surface area contributed by atoms with Crippen molar-refractivity contribution in [2.24, 2.45) is 0 Å². The van der Waals surface area contributed by atoms with E-state index >= 15 is 0 Å². The van der Waals surface area contributed by atoms with Crippen molar-refractivity contribution in [3.63, 3.8) is 0 Å². The summed E-state index contributed by atoms with van der Waals surface area (Å²) < 4.78 is 5.35. The Hall–Kier alpha value is -3.10. The van der Waals surface area contributed by atoms with Crippen molar-refractivity contribution in [1.82, 2.24) is 9.80 Å². The molecule has 0 spiro atoms. The highest BCUT2D eigenvalue weighted by Crippen LogP contribution is 2.22. The summed E-state index contributed by atoms with van der Waals surface area (Å²) in [6.07, 6.45) is 1.52. The van der Waals surface area contributed by atoms with Gasteiger partial charge >= 0.3 is 0 Å². The molecule has 0 atom stereocenters. The van der Waals surface area contributed by atoms with E-state index in [-0.39, 0.29) is 44.0 Å². The molecule has 1 aliphatic heterocycles. The van der Waals surface area contributed by atoms with E-state index in [1.807, 2.05) is 5.38 Å². The SMILES string of the molecule is O=C(CN(Cc1ccco1)C(=O)c1cccs1)N1CC(=O)N(c2ccc(Cl)cc2)C1. The second-order valence-electron chi connectivity index (χ2n) is 6.75. The van der Waals surface area contributed by atoms with E-state index in [1.54, 1.807) is 48.5 Å². The molecular weight excluding hydrogens is 426 g/mol. The summed E-state index contributed by atoms with van der Waals surface area (Å²) in [6.45, 7) is 0.0989. The molecular formula is C21H18ClN3O4S. The second-order valence-corrected chi connectivity index (χ2v) is 8.13. The minimum atomic E-state index is -0.309. The fraction of sp³-hybridized carbons (Fsp3) is 0.190. The van der Waals surface area contributed by atoms with Crippen LogP contribution in [0.25, 0.3) is 0 Å². The summed E-state index contributed by atoms with van der Waals surface area (Å²) in [5.41, 5.74) is 0.668. The van der Waals surface area contributed by atoms with E-state index in [0.717, 1.165) is 0 Å². The van der Waals surface area contributed by atoms with Gasteiger partial charge in [-0.3, -0.25) is 19.3 Å². The highest BCUT2D eigenvalue weighted by Gasteiger charge is 2.33. The molecule has 0 N–H and O–H groups in total. The number of anilines is 1. The summed E-state index contributed by atoms with van der Waals surface area (Å²) in [6, 6.07) is 13.8. The highest BCUT2D eigenvalue weighted by atomic mass is 35.5. The van der Waals surface area contributed by atoms with Crippen molar-refractivity contribution < 1.29 is 18.8 Å². The first-order chi connectivity index (χ1) is 14.5. The summed E-state index contributed by atoms with van der Waals surface area (Å²) in [7, 11) is 0. The number of hydrogen-bond acceptors (Lipinski definition) is 5. The maximum atomic E-state index is 12.9. The monoisotopic (exact) mass is 443 g/mol. The molecule has 3 aromatic rings. The van der Waals surface area contributed by atoms with Crippen molar-refractivity contribution in [1.29, 1.82) is 0 Å². The molecule has 1 saturated heterocycles. The van der Waals surface area contributed by atoms with Crippen LogP contribution in [-0.4, -0.2) is 47.3 Å². The van der Waals surface area contributed by atoms with Crippen molar-refractivity contribution in [3.05, 3.63) is 75.8 Å². The van der Waals surface area contributed by atoms with E-state index in [0.29, 0.717) is 21.3 Å². The van der Waals surface area contributed by atoms with Crippen molar-refractivity contribution >= 4 is 46.3 Å². The van der Waals surface area contributed by atoms with E-state index in [2.05, 4.69) is 0 Å². The topological polar surface area (TPSA) is 74.1 Å². The van der Waals surface area contributed by atoms with Gasteiger partial charge in [0.05, 0.1) is 17.7 Å². The van der Waals surface area contributed by atoms with Crippen LogP contribution >= 0.6 is 22.9 Å². The fourth-order valence-corrected chi connectivity index (χ4v) is 3.99. The molecule has 154 valence electrons. The van der Waals surface area contributed by atoms with Gasteiger partial charge in [0.15, 0.2) is 0 Å². The molecule has 30 heavy (non-hydrogen) atoms. The third kappa shape index (κ3) is 4.39. The zero-order valence-corrected chi connectivity index (χ0v) is 17.4. The van der Waals surface area contributed by atoms with Crippen LogP contribution in [0.1, 0.15) is 15.4 Å². The average Bonchev–Trinajstić information content (AvgIpc) is 3.50. The van der Waals surface area contributed by atoms with Crippen LogP contribution in [0.15, 0.2) is 64.6 Å². The minimum absolute atomic E-state index is 0.0384. The third-order valence-corrected chi connectivity index (χ3v) is 5.81. The Morgan fingerprint density at radius 1 is 1.13 bits per heavy atom. The zero-order chi connectivity index (χ0) is 21.1. The van der Waals surface area contributed by atoms with Crippen LogP contribution < -0.4 is 4.90 Å². The van der Waals surface area contributed by atoms with Crippen LogP contribution in [0.4, 0.5) is 5.69 Å². The number of furan rings is 1. The first-order valence-electron chi connectivity index (χ1n) is 9.20. The molecule has 3 heterocycles. The first kappa shape index (κ1) is 20.2. The fourth-order valence-electron chi connectivity index (χ4n) is 3.17. The Bertz CT molecular complexity index is 1030. The number of nitrogens with zero attached hydrogens (tertiary/aromatic N) is 3. The maximum Gasteiger partial charge on any atom is 0.264 e. The van der Waals surface area contributed by atoms with Gasteiger partial charge in [0.25, 0.3) is 5.91 Å². The average molecular weight is 444 g/mol. The van der Waals surface area contributed by atoms with E-state index in [1.165, 1.54) is 32.3 Å². The number of rotatable bonds is 6. The van der Waals surface area contributed by atoms with Crippen LogP contribution in [0, 0.1) is 0 Å². The molecule has 0 bridgehead atoms. The van der Waals surface area contributed by atoms with Gasteiger partial charge in [-0.15, -0.1) is 11.3 Å². The lowest BCUT2D eigenvalue weighted by molar-refractivity contribution is -0.132. The Morgan fingerprint density at radius 3 is 2.60 bits per heavy atom. The van der Waals surface area contributed by atoms with E-state index < -0.39 is 0 Å². The molecule has 0 unspecified atom stereocenters. The van der Waals surface area contributed by atoms with Crippen molar-refractivity contribution in [2.75, 3.05) is 24.7 Å². The Kier molecular flexibility index (Phi) is 5.87. The smallest absolute Gasteiger partial charge is 0.264 e. The number of benzene rings is 1. The molecule has 9 heteroatoms. The number of amides is 3. The third-order valence-electron chi connectivity index (χ3n) is 4.70. The Morgan fingerprint density at radius 2 is 1.93 bits per heavy atom. The van der Waals surface area contributed by atoms with Gasteiger partial charge in [0, 0.05) is 10.7 Å². The molecule has 1 fully saturated rings. The van der Waals surface area contributed by atoms with E-state index in [4.69, 9.17) is 16.0 Å². The Labute approximate surface area is 182 Å². The summed E-state index contributed by atoms with van der Waals surface area (Å²) in [5, 5.41) is 2.38. The predicted octanol–water partition coefficient (Wildman–Crippen LogP) is 3.47. The molecule has 2 aromatic heterocycles. The molecule has 4 rings (SSSR count). The lowest BCUT2D eigenvalue weighted by Gasteiger charge is -2.24.